The first-order valence-corrected chi connectivity index (χ1v) is 6.76. The van der Waals surface area contributed by atoms with Gasteiger partial charge in [0.25, 0.3) is 5.56 Å². The van der Waals surface area contributed by atoms with E-state index in [4.69, 9.17) is 10.5 Å². The van der Waals surface area contributed by atoms with Gasteiger partial charge in [0.1, 0.15) is 6.54 Å². The molecule has 1 aromatic heterocycles. The summed E-state index contributed by atoms with van der Waals surface area (Å²) in [5, 5.41) is 2.89. The Hall–Kier alpha value is -1.82. The van der Waals surface area contributed by atoms with Gasteiger partial charge in [-0.05, 0) is 30.7 Å². The molecule has 0 aromatic carbocycles. The van der Waals surface area contributed by atoms with Gasteiger partial charge >= 0.3 is 0 Å². The van der Waals surface area contributed by atoms with Crippen LogP contribution in [0.4, 0.5) is 5.69 Å². The Kier molecular flexibility index (Phi) is 4.44. The average molecular weight is 279 g/mol. The number of ether oxygens (including phenoxy) is 1. The number of nitrogens with two attached hydrogens (primary N) is 1. The Bertz CT molecular complexity index is 535. The molecule has 6 nitrogen and oxygen atoms in total. The molecule has 1 aliphatic rings. The molecule has 1 fully saturated rings. The molecule has 0 aliphatic heterocycles. The minimum absolute atomic E-state index is 0.00420. The van der Waals surface area contributed by atoms with Gasteiger partial charge in [0.15, 0.2) is 0 Å². The summed E-state index contributed by atoms with van der Waals surface area (Å²) in [5.41, 5.74) is 6.05. The first-order valence-electron chi connectivity index (χ1n) is 6.76. The molecule has 0 spiro atoms. The van der Waals surface area contributed by atoms with Crippen LogP contribution in [0.25, 0.3) is 0 Å². The van der Waals surface area contributed by atoms with Crippen molar-refractivity contribution in [1.82, 2.24) is 9.88 Å². The molecular weight excluding hydrogens is 258 g/mol. The summed E-state index contributed by atoms with van der Waals surface area (Å²) in [6, 6.07) is 2.89. The summed E-state index contributed by atoms with van der Waals surface area (Å²) >= 11 is 0. The van der Waals surface area contributed by atoms with Crippen molar-refractivity contribution in [3.8, 4) is 0 Å². The van der Waals surface area contributed by atoms with Crippen molar-refractivity contribution in [1.29, 1.82) is 0 Å². The van der Waals surface area contributed by atoms with Crippen molar-refractivity contribution >= 4 is 11.6 Å². The van der Waals surface area contributed by atoms with Crippen molar-refractivity contribution in [2.24, 2.45) is 5.41 Å². The topological polar surface area (TPSA) is 86.3 Å². The lowest BCUT2D eigenvalue weighted by molar-refractivity contribution is -0.122. The number of hydrogen-bond acceptors (Lipinski definition) is 4. The van der Waals surface area contributed by atoms with Crippen LogP contribution in [-0.2, 0) is 16.1 Å². The molecule has 3 N–H and O–H groups in total. The number of pyridine rings is 1. The molecule has 0 radical (unpaired) electrons. The van der Waals surface area contributed by atoms with Gasteiger partial charge in [0.05, 0.1) is 0 Å². The van der Waals surface area contributed by atoms with E-state index >= 15 is 0 Å². The van der Waals surface area contributed by atoms with E-state index in [9.17, 15) is 9.59 Å². The number of carbonyl (C=O) groups excluding carboxylic acids is 1. The quantitative estimate of drug-likeness (QED) is 0.754. The number of rotatable bonds is 7. The van der Waals surface area contributed by atoms with Crippen LogP contribution in [0.5, 0.6) is 0 Å². The standard InChI is InChI=1S/C14H21N3O3/c1-20-7-6-14(4-5-14)10-16-12(18)9-17-8-11(15)2-3-13(17)19/h2-3,8H,4-7,9-10,15H2,1H3,(H,16,18). The smallest absolute Gasteiger partial charge is 0.251 e. The highest BCUT2D eigenvalue weighted by Gasteiger charge is 2.42. The van der Waals surface area contributed by atoms with Gasteiger partial charge in [-0.25, -0.2) is 0 Å². The number of amides is 1. The SMILES string of the molecule is COCCC1(CNC(=O)Cn2cc(N)ccc2=O)CC1. The van der Waals surface area contributed by atoms with Crippen LogP contribution in [0.1, 0.15) is 19.3 Å². The highest BCUT2D eigenvalue weighted by Crippen LogP contribution is 2.48. The largest absolute Gasteiger partial charge is 0.398 e. The van der Waals surface area contributed by atoms with E-state index in [1.807, 2.05) is 0 Å². The van der Waals surface area contributed by atoms with Crippen LogP contribution in [0.2, 0.25) is 0 Å². The third-order valence-corrected chi connectivity index (χ3v) is 3.77. The van der Waals surface area contributed by atoms with Gasteiger partial charge in [0.2, 0.25) is 5.91 Å². The maximum atomic E-state index is 11.9. The van der Waals surface area contributed by atoms with E-state index in [1.54, 1.807) is 7.11 Å². The van der Waals surface area contributed by atoms with Gasteiger partial charge < -0.3 is 20.4 Å². The Morgan fingerprint density at radius 2 is 2.25 bits per heavy atom. The second-order valence-corrected chi connectivity index (χ2v) is 5.45. The van der Waals surface area contributed by atoms with Crippen molar-refractivity contribution < 1.29 is 9.53 Å². The van der Waals surface area contributed by atoms with E-state index in [0.717, 1.165) is 19.3 Å². The summed E-state index contributed by atoms with van der Waals surface area (Å²) in [5.74, 6) is -0.165. The Labute approximate surface area is 117 Å². The number of anilines is 1. The molecule has 2 rings (SSSR count). The van der Waals surface area contributed by atoms with Gasteiger partial charge in [-0.15, -0.1) is 0 Å². The fraction of sp³-hybridized carbons (Fsp3) is 0.571. The summed E-state index contributed by atoms with van der Waals surface area (Å²) in [6.45, 7) is 1.36. The molecular formula is C14H21N3O3. The number of methoxy groups -OCH3 is 1. The molecule has 0 atom stereocenters. The molecule has 1 amide bonds. The van der Waals surface area contributed by atoms with Crippen molar-refractivity contribution in [3.63, 3.8) is 0 Å². The molecule has 20 heavy (non-hydrogen) atoms. The molecule has 1 saturated carbocycles. The number of nitrogens with zero attached hydrogens (tertiary/aromatic N) is 1. The lowest BCUT2D eigenvalue weighted by Gasteiger charge is -2.15. The molecule has 110 valence electrons. The van der Waals surface area contributed by atoms with Crippen molar-refractivity contribution in [3.05, 3.63) is 28.7 Å². The number of nitrogen functional groups attached to an aromatic ring is 1. The van der Waals surface area contributed by atoms with E-state index in [0.29, 0.717) is 18.8 Å². The zero-order chi connectivity index (χ0) is 14.6. The Morgan fingerprint density at radius 3 is 2.90 bits per heavy atom. The third kappa shape index (κ3) is 3.84. The molecule has 1 heterocycles. The number of hydrogen-bond donors (Lipinski definition) is 2. The zero-order valence-electron chi connectivity index (χ0n) is 11.7. The predicted octanol–water partition coefficient (Wildman–Crippen LogP) is 0.363. The molecule has 0 bridgehead atoms. The summed E-state index contributed by atoms with van der Waals surface area (Å²) in [7, 11) is 1.68. The van der Waals surface area contributed by atoms with E-state index < -0.39 is 0 Å². The maximum Gasteiger partial charge on any atom is 0.251 e. The van der Waals surface area contributed by atoms with E-state index in [-0.39, 0.29) is 23.4 Å². The maximum absolute atomic E-state index is 11.9. The second kappa shape index (κ2) is 6.09. The first kappa shape index (κ1) is 14.6. The van der Waals surface area contributed by atoms with Gasteiger partial charge in [-0.3, -0.25) is 9.59 Å². The second-order valence-electron chi connectivity index (χ2n) is 5.45. The highest BCUT2D eigenvalue weighted by molar-refractivity contribution is 5.75. The van der Waals surface area contributed by atoms with Gasteiger partial charge in [-0.1, -0.05) is 0 Å². The predicted molar refractivity (Wildman–Crippen MR) is 76.3 cm³/mol. The van der Waals surface area contributed by atoms with Crippen molar-refractivity contribution in [2.45, 2.75) is 25.8 Å². The fourth-order valence-electron chi connectivity index (χ4n) is 2.18. The molecule has 6 heteroatoms. The monoisotopic (exact) mass is 279 g/mol. The molecule has 0 unspecified atom stereocenters. The molecule has 1 aliphatic carbocycles. The number of carbonyl (C=O) groups is 1. The van der Waals surface area contributed by atoms with Crippen LogP contribution in [0.3, 0.4) is 0 Å². The van der Waals surface area contributed by atoms with Gasteiger partial charge in [0, 0.05) is 38.2 Å². The molecule has 1 aromatic rings. The zero-order valence-corrected chi connectivity index (χ0v) is 11.7. The lowest BCUT2D eigenvalue weighted by Crippen LogP contribution is -2.35. The third-order valence-electron chi connectivity index (χ3n) is 3.77. The van der Waals surface area contributed by atoms with Crippen LogP contribution in [-0.4, -0.2) is 30.7 Å². The first-order chi connectivity index (χ1) is 9.54. The average Bonchev–Trinajstić information content (AvgIpc) is 3.19. The van der Waals surface area contributed by atoms with Crippen LogP contribution in [0, 0.1) is 5.41 Å². The summed E-state index contributed by atoms with van der Waals surface area (Å²) < 4.78 is 6.40. The van der Waals surface area contributed by atoms with Crippen LogP contribution in [0.15, 0.2) is 23.1 Å². The Balaban J connectivity index is 1.84. The summed E-state index contributed by atoms with van der Waals surface area (Å²) in [4.78, 5) is 23.5. The van der Waals surface area contributed by atoms with Crippen molar-refractivity contribution in [2.75, 3.05) is 26.0 Å². The minimum Gasteiger partial charge on any atom is -0.398 e. The summed E-state index contributed by atoms with van der Waals surface area (Å²) in [6.07, 6.45) is 4.69. The van der Waals surface area contributed by atoms with Gasteiger partial charge in [-0.2, -0.15) is 0 Å². The van der Waals surface area contributed by atoms with Crippen LogP contribution >= 0.6 is 0 Å². The lowest BCUT2D eigenvalue weighted by atomic mass is 10.0. The van der Waals surface area contributed by atoms with E-state index in [2.05, 4.69) is 5.32 Å². The fourth-order valence-corrected chi connectivity index (χ4v) is 2.18. The minimum atomic E-state index is -0.227. The van der Waals surface area contributed by atoms with Crippen LogP contribution < -0.4 is 16.6 Å². The Morgan fingerprint density at radius 1 is 1.50 bits per heavy atom. The molecule has 0 saturated heterocycles. The highest BCUT2D eigenvalue weighted by atomic mass is 16.5. The number of aromatic nitrogens is 1. The van der Waals surface area contributed by atoms with E-state index in [1.165, 1.54) is 22.9 Å². The normalized spacial score (nSPS) is 15.8. The number of nitrogens with one attached hydrogen (secondary N) is 1.